The molecule has 5 heteroatoms. The first-order chi connectivity index (χ1) is 5.91. The lowest BCUT2D eigenvalue weighted by molar-refractivity contribution is -0.137. The van der Waals surface area contributed by atoms with Crippen LogP contribution in [0.1, 0.15) is 5.56 Å². The van der Waals surface area contributed by atoms with E-state index in [2.05, 4.69) is 0 Å². The molecule has 0 saturated carbocycles. The Labute approximate surface area is 76.0 Å². The Morgan fingerprint density at radius 1 is 1.31 bits per heavy atom. The summed E-state index contributed by atoms with van der Waals surface area (Å²) in [5.74, 6) is 0. The van der Waals surface area contributed by atoms with E-state index in [1.54, 1.807) is 0 Å². The van der Waals surface area contributed by atoms with E-state index >= 15 is 0 Å². The van der Waals surface area contributed by atoms with Crippen molar-refractivity contribution in [1.82, 2.24) is 0 Å². The number of halogens is 3. The maximum Gasteiger partial charge on any atom is 0.416 e. The summed E-state index contributed by atoms with van der Waals surface area (Å²) in [6, 6.07) is 4.51. The van der Waals surface area contributed by atoms with Gasteiger partial charge in [-0.1, -0.05) is 6.07 Å². The van der Waals surface area contributed by atoms with Crippen LogP contribution in [0.2, 0.25) is 0 Å². The molecule has 0 N–H and O–H groups in total. The van der Waals surface area contributed by atoms with Gasteiger partial charge in [-0.25, -0.2) is 0 Å². The zero-order chi connectivity index (χ0) is 10.1. The summed E-state index contributed by atoms with van der Waals surface area (Å²) in [6.07, 6.45) is -3.02. The van der Waals surface area contributed by atoms with Gasteiger partial charge in [0, 0.05) is 22.0 Å². The molecule has 0 aliphatic heterocycles. The molecule has 0 aromatic heterocycles. The molecule has 72 valence electrons. The lowest BCUT2D eigenvalue weighted by Gasteiger charge is -2.06. The molecule has 0 saturated heterocycles. The molecule has 0 spiro atoms. The van der Waals surface area contributed by atoms with Crippen molar-refractivity contribution in [2.24, 2.45) is 0 Å². The van der Waals surface area contributed by atoms with Crippen LogP contribution >= 0.6 is 0 Å². The number of hydrogen-bond acceptors (Lipinski definition) is 1. The van der Waals surface area contributed by atoms with Gasteiger partial charge in [-0.15, -0.1) is 0 Å². The van der Waals surface area contributed by atoms with E-state index in [4.69, 9.17) is 0 Å². The normalized spacial score (nSPS) is 14.2. The predicted molar refractivity (Wildman–Crippen MR) is 43.8 cm³/mol. The maximum absolute atomic E-state index is 12.1. The summed E-state index contributed by atoms with van der Waals surface area (Å²) < 4.78 is 47.3. The highest BCUT2D eigenvalue weighted by Gasteiger charge is 2.30. The highest BCUT2D eigenvalue weighted by Crippen LogP contribution is 2.29. The molecular formula is C8H7F3OS. The van der Waals surface area contributed by atoms with E-state index in [0.29, 0.717) is 0 Å². The lowest BCUT2D eigenvalue weighted by atomic mass is 10.2. The largest absolute Gasteiger partial charge is 0.416 e. The zero-order valence-corrected chi connectivity index (χ0v) is 7.58. The predicted octanol–water partition coefficient (Wildman–Crippen LogP) is 2.44. The first kappa shape index (κ1) is 10.2. The van der Waals surface area contributed by atoms with E-state index < -0.39 is 22.5 Å². The first-order valence-corrected chi connectivity index (χ1v) is 4.98. The summed E-state index contributed by atoms with van der Waals surface area (Å²) in [5, 5.41) is 0. The topological polar surface area (TPSA) is 17.1 Å². The van der Waals surface area contributed by atoms with Crippen molar-refractivity contribution in [2.75, 3.05) is 6.26 Å². The minimum absolute atomic E-state index is 0.190. The van der Waals surface area contributed by atoms with Gasteiger partial charge in [-0.05, 0) is 18.2 Å². The molecule has 0 aliphatic rings. The van der Waals surface area contributed by atoms with Crippen molar-refractivity contribution in [3.63, 3.8) is 0 Å². The molecule has 0 heterocycles. The number of alkyl halides is 3. The number of benzene rings is 1. The van der Waals surface area contributed by atoms with E-state index in [0.717, 1.165) is 12.1 Å². The third-order valence-corrected chi connectivity index (χ3v) is 2.41. The second kappa shape index (κ2) is 3.49. The first-order valence-electron chi connectivity index (χ1n) is 3.42. The average Bonchev–Trinajstić information content (AvgIpc) is 2.03. The van der Waals surface area contributed by atoms with Crippen LogP contribution in [0.5, 0.6) is 0 Å². The Hall–Kier alpha value is -0.840. The fourth-order valence-electron chi connectivity index (χ4n) is 0.851. The Kier molecular flexibility index (Phi) is 2.75. The van der Waals surface area contributed by atoms with Crippen LogP contribution in [0.15, 0.2) is 29.2 Å². The van der Waals surface area contributed by atoms with Gasteiger partial charge in [0.2, 0.25) is 0 Å². The van der Waals surface area contributed by atoms with Crippen molar-refractivity contribution in [1.29, 1.82) is 0 Å². The molecule has 0 unspecified atom stereocenters. The molecule has 1 aromatic carbocycles. The van der Waals surface area contributed by atoms with E-state index in [9.17, 15) is 17.4 Å². The smallest absolute Gasteiger partial charge is 0.255 e. The Morgan fingerprint density at radius 3 is 2.38 bits per heavy atom. The van der Waals surface area contributed by atoms with Gasteiger partial charge in [-0.2, -0.15) is 13.2 Å². The fraction of sp³-hybridized carbons (Fsp3) is 0.250. The molecule has 1 aromatic rings. The Balaban J connectivity index is 3.13. The fourth-order valence-corrected chi connectivity index (χ4v) is 1.41. The maximum atomic E-state index is 12.1. The number of hydrogen-bond donors (Lipinski definition) is 0. The third kappa shape index (κ3) is 2.55. The van der Waals surface area contributed by atoms with Gasteiger partial charge in [0.15, 0.2) is 0 Å². The van der Waals surface area contributed by atoms with Crippen molar-refractivity contribution < 1.29 is 17.4 Å². The summed E-state index contributed by atoms with van der Waals surface area (Å²) in [5.41, 5.74) is -0.764. The van der Waals surface area contributed by atoms with Crippen LogP contribution in [0.3, 0.4) is 0 Å². The zero-order valence-electron chi connectivity index (χ0n) is 6.76. The lowest BCUT2D eigenvalue weighted by Crippen LogP contribution is -2.05. The van der Waals surface area contributed by atoms with Crippen LogP contribution in [-0.2, 0) is 17.0 Å². The summed E-state index contributed by atoms with van der Waals surface area (Å²) in [7, 11) is -1.37. The van der Waals surface area contributed by atoms with Gasteiger partial charge < -0.3 is 0 Å². The van der Waals surface area contributed by atoms with Crippen LogP contribution < -0.4 is 0 Å². The van der Waals surface area contributed by atoms with Crippen LogP contribution in [0.4, 0.5) is 13.2 Å². The van der Waals surface area contributed by atoms with E-state index in [1.807, 2.05) is 0 Å². The van der Waals surface area contributed by atoms with Crippen LogP contribution in [0, 0.1) is 0 Å². The van der Waals surface area contributed by atoms with Gasteiger partial charge >= 0.3 is 6.18 Å². The minimum atomic E-state index is -4.37. The summed E-state index contributed by atoms with van der Waals surface area (Å²) >= 11 is 0. The highest BCUT2D eigenvalue weighted by molar-refractivity contribution is 7.84. The van der Waals surface area contributed by atoms with Gasteiger partial charge in [0.05, 0.1) is 5.56 Å². The summed E-state index contributed by atoms with van der Waals surface area (Å²) in [6.45, 7) is 0. The Bertz CT molecular complexity index is 332. The molecule has 0 amide bonds. The Morgan fingerprint density at radius 2 is 1.92 bits per heavy atom. The SMILES string of the molecule is C[S@@](=O)c1cccc(C(F)(F)F)c1. The molecule has 13 heavy (non-hydrogen) atoms. The highest BCUT2D eigenvalue weighted by atomic mass is 32.2. The van der Waals surface area contributed by atoms with E-state index in [-0.39, 0.29) is 4.90 Å². The monoisotopic (exact) mass is 208 g/mol. The van der Waals surface area contributed by atoms with Crippen molar-refractivity contribution >= 4 is 10.8 Å². The number of rotatable bonds is 1. The van der Waals surface area contributed by atoms with Gasteiger partial charge in [0.1, 0.15) is 0 Å². The van der Waals surface area contributed by atoms with Crippen molar-refractivity contribution in [3.8, 4) is 0 Å². The molecule has 0 aliphatic carbocycles. The quantitative estimate of drug-likeness (QED) is 0.692. The van der Waals surface area contributed by atoms with Gasteiger partial charge in [0.25, 0.3) is 0 Å². The average molecular weight is 208 g/mol. The van der Waals surface area contributed by atoms with Crippen molar-refractivity contribution in [2.45, 2.75) is 11.1 Å². The standard InChI is InChI=1S/C8H7F3OS/c1-13(12)7-4-2-3-6(5-7)8(9,10)11/h2-5H,1H3/t13-/m1/s1. The minimum Gasteiger partial charge on any atom is -0.255 e. The molecular weight excluding hydrogens is 201 g/mol. The molecule has 0 fully saturated rings. The van der Waals surface area contributed by atoms with Gasteiger partial charge in [-0.3, -0.25) is 4.21 Å². The summed E-state index contributed by atoms with van der Waals surface area (Å²) in [4.78, 5) is 0.190. The van der Waals surface area contributed by atoms with Crippen LogP contribution in [-0.4, -0.2) is 10.5 Å². The van der Waals surface area contributed by atoms with E-state index in [1.165, 1.54) is 18.4 Å². The molecule has 0 bridgehead atoms. The van der Waals surface area contributed by atoms with Crippen molar-refractivity contribution in [3.05, 3.63) is 29.8 Å². The molecule has 1 nitrogen and oxygen atoms in total. The second-order valence-corrected chi connectivity index (χ2v) is 3.86. The molecule has 1 rings (SSSR count). The second-order valence-electron chi connectivity index (χ2n) is 2.48. The molecule has 1 atom stereocenters. The third-order valence-electron chi connectivity index (χ3n) is 1.49. The molecule has 0 radical (unpaired) electrons. The van der Waals surface area contributed by atoms with Crippen LogP contribution in [0.25, 0.3) is 0 Å².